The zero-order chi connectivity index (χ0) is 25.8. The molecule has 1 saturated carbocycles. The van der Waals surface area contributed by atoms with Gasteiger partial charge in [0.05, 0.1) is 27.4 Å². The van der Waals surface area contributed by atoms with Crippen LogP contribution in [0.15, 0.2) is 48.7 Å². The minimum atomic E-state index is -1.49. The van der Waals surface area contributed by atoms with Crippen LogP contribution in [0, 0.1) is 11.8 Å². The van der Waals surface area contributed by atoms with Gasteiger partial charge in [0.2, 0.25) is 11.4 Å². The molecule has 8 heteroatoms. The second kappa shape index (κ2) is 9.29. The van der Waals surface area contributed by atoms with Crippen molar-refractivity contribution >= 4 is 17.4 Å². The minimum Gasteiger partial charge on any atom is -0.500 e. The molecule has 5 rings (SSSR count). The van der Waals surface area contributed by atoms with Gasteiger partial charge in [0, 0.05) is 23.9 Å². The highest BCUT2D eigenvalue weighted by molar-refractivity contribution is 6.35. The van der Waals surface area contributed by atoms with Crippen LogP contribution in [-0.4, -0.2) is 56.0 Å². The maximum absolute atomic E-state index is 14.1. The number of hydrogen-bond acceptors (Lipinski definition) is 7. The van der Waals surface area contributed by atoms with Crippen molar-refractivity contribution in [2.45, 2.75) is 49.5 Å². The van der Waals surface area contributed by atoms with Gasteiger partial charge in [-0.3, -0.25) is 4.79 Å². The topological polar surface area (TPSA) is 86.2 Å². The second-order valence-corrected chi connectivity index (χ2v) is 10.3. The molecule has 7 nitrogen and oxygen atoms in total. The molecule has 2 N–H and O–H groups in total. The molecular weight excluding hydrogens is 482 g/mol. The van der Waals surface area contributed by atoms with Crippen LogP contribution in [0.1, 0.15) is 41.6 Å². The van der Waals surface area contributed by atoms with E-state index >= 15 is 0 Å². The molecule has 36 heavy (non-hydrogen) atoms. The van der Waals surface area contributed by atoms with E-state index in [4.69, 9.17) is 30.5 Å². The van der Waals surface area contributed by atoms with Crippen LogP contribution >= 0.6 is 11.6 Å². The first-order valence-electron chi connectivity index (χ1n) is 12.2. The molecule has 2 heterocycles. The minimum absolute atomic E-state index is 0.0549. The van der Waals surface area contributed by atoms with Crippen LogP contribution in [0.5, 0.6) is 17.2 Å². The van der Waals surface area contributed by atoms with Crippen molar-refractivity contribution in [3.8, 4) is 17.2 Å². The maximum atomic E-state index is 14.1. The van der Waals surface area contributed by atoms with Gasteiger partial charge in [-0.25, -0.2) is 0 Å². The summed E-state index contributed by atoms with van der Waals surface area (Å²) in [5.41, 5.74) is -0.155. The number of aliphatic hydroxyl groups excluding tert-OH is 1. The lowest BCUT2D eigenvalue weighted by molar-refractivity contribution is -0.129. The lowest BCUT2D eigenvalue weighted by Gasteiger charge is -2.54. The Balaban J connectivity index is 1.61. The number of hydrogen-bond donors (Lipinski definition) is 2. The molecule has 1 aliphatic carbocycles. The van der Waals surface area contributed by atoms with Gasteiger partial charge in [-0.2, -0.15) is 0 Å². The van der Waals surface area contributed by atoms with E-state index in [2.05, 4.69) is 24.0 Å². The summed E-state index contributed by atoms with van der Waals surface area (Å²) in [6.45, 7) is 6.03. The van der Waals surface area contributed by atoms with Crippen molar-refractivity contribution < 1.29 is 28.8 Å². The third kappa shape index (κ3) is 3.51. The molecule has 7 atom stereocenters. The molecule has 3 aliphatic rings. The maximum Gasteiger partial charge on any atom is 0.216 e. The number of halogens is 1. The number of ketones is 1. The number of carbonyl (C=O) groups excluding carboxylic acids is 1. The number of piperidine rings is 1. The molecule has 192 valence electrons. The van der Waals surface area contributed by atoms with E-state index in [1.54, 1.807) is 13.2 Å². The molecule has 0 amide bonds. The number of carbonyl (C=O) groups is 1. The highest BCUT2D eigenvalue weighted by Crippen LogP contribution is 2.57. The summed E-state index contributed by atoms with van der Waals surface area (Å²) in [6.07, 6.45) is 0.167. The fourth-order valence-corrected chi connectivity index (χ4v) is 6.76. The number of Topliss-reactive ketones (excluding diaryl/α,β-unsaturated/α-hetero) is 1. The molecule has 1 saturated heterocycles. The largest absolute Gasteiger partial charge is 0.500 e. The molecule has 2 aliphatic heterocycles. The highest BCUT2D eigenvalue weighted by Gasteiger charge is 2.66. The smallest absolute Gasteiger partial charge is 0.216 e. The molecule has 2 fully saturated rings. The number of fused-ring (bicyclic) bond motifs is 2. The number of methoxy groups -OCH3 is 3. The molecule has 0 bridgehead atoms. The average molecular weight is 514 g/mol. The third-order valence-corrected chi connectivity index (χ3v) is 8.66. The van der Waals surface area contributed by atoms with Gasteiger partial charge in [0.1, 0.15) is 33.9 Å². The molecule has 2 aromatic carbocycles. The Morgan fingerprint density at radius 1 is 1.17 bits per heavy atom. The average Bonchev–Trinajstić information content (AvgIpc) is 3.21. The normalized spacial score (nSPS) is 32.9. The summed E-state index contributed by atoms with van der Waals surface area (Å²) < 4.78 is 22.8. The van der Waals surface area contributed by atoms with Crippen LogP contribution in [0.25, 0.3) is 0 Å². The summed E-state index contributed by atoms with van der Waals surface area (Å²) in [5, 5.41) is 15.9. The molecule has 4 unspecified atom stereocenters. The predicted molar refractivity (Wildman–Crippen MR) is 136 cm³/mol. The Labute approximate surface area is 216 Å². The Hall–Kier alpha value is -2.74. The summed E-state index contributed by atoms with van der Waals surface area (Å²) >= 11 is 6.60. The molecule has 0 aromatic heterocycles. The number of nitrogens with one attached hydrogen (secondary N) is 1. The monoisotopic (exact) mass is 513 g/mol. The molecule has 2 aromatic rings. The van der Waals surface area contributed by atoms with Gasteiger partial charge < -0.3 is 29.4 Å². The Morgan fingerprint density at radius 3 is 2.50 bits per heavy atom. The SMILES string of the molecule is C=C(OC)C1CC(c2ccccc2)C2C(C[C@@H](C)[C@]3(Oc4c(Cl)c(OC)cc(OC)c4C3=O)[C@H]2O)N1. The van der Waals surface area contributed by atoms with Gasteiger partial charge in [-0.15, -0.1) is 0 Å². The van der Waals surface area contributed by atoms with E-state index < -0.39 is 11.7 Å². The third-order valence-electron chi connectivity index (χ3n) is 8.30. The van der Waals surface area contributed by atoms with Gasteiger partial charge in [0.15, 0.2) is 5.75 Å². The highest BCUT2D eigenvalue weighted by atomic mass is 35.5. The Morgan fingerprint density at radius 2 is 1.86 bits per heavy atom. The Bertz CT molecular complexity index is 1190. The van der Waals surface area contributed by atoms with E-state index in [0.717, 1.165) is 5.56 Å². The van der Waals surface area contributed by atoms with Crippen molar-refractivity contribution in [1.29, 1.82) is 0 Å². The van der Waals surface area contributed by atoms with Crippen LogP contribution in [-0.2, 0) is 4.74 Å². The number of rotatable bonds is 5. The van der Waals surface area contributed by atoms with E-state index in [9.17, 15) is 9.90 Å². The molecule has 1 spiro atoms. The lowest BCUT2D eigenvalue weighted by Crippen LogP contribution is -2.69. The van der Waals surface area contributed by atoms with Gasteiger partial charge in [-0.05, 0) is 24.3 Å². The van der Waals surface area contributed by atoms with Gasteiger partial charge >= 0.3 is 0 Å². The van der Waals surface area contributed by atoms with Gasteiger partial charge in [-0.1, -0.05) is 55.4 Å². The fraction of sp³-hybridized carbons (Fsp3) is 0.464. The zero-order valence-electron chi connectivity index (χ0n) is 20.9. The first kappa shape index (κ1) is 24.9. The van der Waals surface area contributed by atoms with Crippen molar-refractivity contribution in [2.24, 2.45) is 11.8 Å². The summed E-state index contributed by atoms with van der Waals surface area (Å²) in [7, 11) is 4.59. The molecular formula is C28H32ClNO6. The van der Waals surface area contributed by atoms with E-state index in [1.807, 2.05) is 25.1 Å². The van der Waals surface area contributed by atoms with Crippen molar-refractivity contribution in [3.63, 3.8) is 0 Å². The van der Waals surface area contributed by atoms with Crippen molar-refractivity contribution in [1.82, 2.24) is 5.32 Å². The second-order valence-electron chi connectivity index (χ2n) is 9.93. The number of aliphatic hydroxyl groups is 1. The van der Waals surface area contributed by atoms with Crippen molar-refractivity contribution in [3.05, 3.63) is 64.9 Å². The van der Waals surface area contributed by atoms with Crippen LogP contribution < -0.4 is 19.5 Å². The summed E-state index contributed by atoms with van der Waals surface area (Å²) in [5.74, 6) is 0.526. The predicted octanol–water partition coefficient (Wildman–Crippen LogP) is 4.36. The van der Waals surface area contributed by atoms with E-state index in [1.165, 1.54) is 14.2 Å². The Kier molecular flexibility index (Phi) is 6.43. The quantitative estimate of drug-likeness (QED) is 0.574. The van der Waals surface area contributed by atoms with Crippen LogP contribution in [0.3, 0.4) is 0 Å². The van der Waals surface area contributed by atoms with E-state index in [-0.39, 0.29) is 52.0 Å². The fourth-order valence-electron chi connectivity index (χ4n) is 6.49. The first-order valence-corrected chi connectivity index (χ1v) is 12.6. The standard InChI is InChI=1S/C28H32ClNO6/c1-14-11-19-22(17(16-9-7-6-8-10-16)12-18(30-19)15(2)33-3)26(31)28(14)27(32)23-20(34-4)13-21(35-5)24(29)25(23)36-28/h6-10,13-14,17-19,22,26,30-31H,2,11-12H2,1,3-5H3/t14-,17?,18?,19?,22?,26+,28+/m1/s1. The lowest BCUT2D eigenvalue weighted by atomic mass is 9.58. The van der Waals surface area contributed by atoms with Crippen LogP contribution in [0.4, 0.5) is 0 Å². The van der Waals surface area contributed by atoms with Gasteiger partial charge in [0.25, 0.3) is 0 Å². The van der Waals surface area contributed by atoms with Crippen LogP contribution in [0.2, 0.25) is 5.02 Å². The number of ether oxygens (including phenoxy) is 4. The first-order chi connectivity index (χ1) is 17.3. The number of benzene rings is 2. The van der Waals surface area contributed by atoms with E-state index in [0.29, 0.717) is 30.1 Å². The summed E-state index contributed by atoms with van der Waals surface area (Å²) in [6, 6.07) is 11.5. The van der Waals surface area contributed by atoms with Crippen molar-refractivity contribution in [2.75, 3.05) is 21.3 Å². The summed E-state index contributed by atoms with van der Waals surface area (Å²) in [4.78, 5) is 14.1. The molecule has 0 radical (unpaired) electrons. The zero-order valence-corrected chi connectivity index (χ0v) is 21.7.